The van der Waals surface area contributed by atoms with Crippen LogP contribution in [-0.2, 0) is 0 Å². The minimum Gasteiger partial charge on any atom is -0.354 e. The van der Waals surface area contributed by atoms with E-state index in [1.54, 1.807) is 11.3 Å². The molecule has 4 nitrogen and oxygen atoms in total. The van der Waals surface area contributed by atoms with Crippen LogP contribution in [0.5, 0.6) is 0 Å². The summed E-state index contributed by atoms with van der Waals surface area (Å²) in [5, 5.41) is 4.42. The maximum Gasteiger partial charge on any atom is 0.132 e. The third kappa shape index (κ3) is 3.24. The molecule has 112 valence electrons. The Kier molecular flexibility index (Phi) is 4.22. The average Bonchev–Trinajstić information content (AvgIpc) is 3.00. The van der Waals surface area contributed by atoms with Crippen molar-refractivity contribution >= 4 is 17.2 Å². The first-order valence-electron chi connectivity index (χ1n) is 7.47. The highest BCUT2D eigenvalue weighted by Crippen LogP contribution is 2.24. The second-order valence-corrected chi connectivity index (χ2v) is 6.45. The highest BCUT2D eigenvalue weighted by atomic mass is 32.1. The molecule has 0 aromatic carbocycles. The van der Waals surface area contributed by atoms with Crippen molar-refractivity contribution < 1.29 is 0 Å². The molecule has 1 aliphatic rings. The molecule has 0 radical (unpaired) electrons. The van der Waals surface area contributed by atoms with Crippen LogP contribution in [0.3, 0.4) is 0 Å². The van der Waals surface area contributed by atoms with Crippen LogP contribution in [0, 0.1) is 13.8 Å². The monoisotopic (exact) mass is 302 g/mol. The third-order valence-electron chi connectivity index (χ3n) is 4.16. The number of nitrogens with zero attached hydrogens (tertiary/aromatic N) is 4. The molecule has 0 N–H and O–H groups in total. The lowest BCUT2D eigenvalue weighted by atomic mass is 10.1. The van der Waals surface area contributed by atoms with E-state index in [0.717, 1.165) is 43.5 Å². The van der Waals surface area contributed by atoms with E-state index >= 15 is 0 Å². The third-order valence-corrected chi connectivity index (χ3v) is 4.87. The Morgan fingerprint density at radius 2 is 1.90 bits per heavy atom. The van der Waals surface area contributed by atoms with Gasteiger partial charge in [-0.3, -0.25) is 4.90 Å². The second-order valence-electron chi connectivity index (χ2n) is 5.67. The summed E-state index contributed by atoms with van der Waals surface area (Å²) in [6.45, 7) is 10.5. The summed E-state index contributed by atoms with van der Waals surface area (Å²) in [4.78, 5) is 13.9. The molecule has 0 spiro atoms. The normalized spacial score (nSPS) is 18.0. The first-order chi connectivity index (χ1) is 10.1. The Balaban J connectivity index is 1.65. The molecule has 0 bridgehead atoms. The summed E-state index contributed by atoms with van der Waals surface area (Å²) in [6.07, 6.45) is 0. The molecule has 5 heteroatoms. The summed E-state index contributed by atoms with van der Waals surface area (Å²) in [7, 11) is 0. The molecule has 0 amide bonds. The quantitative estimate of drug-likeness (QED) is 0.872. The number of hydrogen-bond acceptors (Lipinski definition) is 5. The van der Waals surface area contributed by atoms with Crippen LogP contribution in [0.15, 0.2) is 22.9 Å². The van der Waals surface area contributed by atoms with Crippen LogP contribution in [0.25, 0.3) is 0 Å². The van der Waals surface area contributed by atoms with Crippen molar-refractivity contribution in [2.45, 2.75) is 26.8 Å². The number of aromatic nitrogens is 2. The first kappa shape index (κ1) is 14.5. The van der Waals surface area contributed by atoms with Crippen LogP contribution in [0.4, 0.5) is 5.82 Å². The molecule has 1 atom stereocenters. The van der Waals surface area contributed by atoms with Crippen molar-refractivity contribution in [1.29, 1.82) is 0 Å². The van der Waals surface area contributed by atoms with E-state index in [4.69, 9.17) is 0 Å². The zero-order valence-corrected chi connectivity index (χ0v) is 13.7. The zero-order chi connectivity index (χ0) is 14.8. The molecule has 2 aromatic heterocycles. The van der Waals surface area contributed by atoms with E-state index in [1.807, 2.05) is 13.8 Å². The van der Waals surface area contributed by atoms with Gasteiger partial charge in [0.25, 0.3) is 0 Å². The van der Waals surface area contributed by atoms with Gasteiger partial charge in [-0.25, -0.2) is 9.97 Å². The van der Waals surface area contributed by atoms with Crippen LogP contribution < -0.4 is 4.90 Å². The predicted octanol–water partition coefficient (Wildman–Crippen LogP) is 3.04. The summed E-state index contributed by atoms with van der Waals surface area (Å²) < 4.78 is 0. The number of rotatable bonds is 3. The molecule has 0 aliphatic carbocycles. The molecule has 21 heavy (non-hydrogen) atoms. The Morgan fingerprint density at radius 3 is 2.52 bits per heavy atom. The van der Waals surface area contributed by atoms with Crippen molar-refractivity contribution in [2.75, 3.05) is 31.1 Å². The molecule has 1 aliphatic heterocycles. The van der Waals surface area contributed by atoms with Gasteiger partial charge in [-0.2, -0.15) is 11.3 Å². The van der Waals surface area contributed by atoms with E-state index < -0.39 is 0 Å². The minimum absolute atomic E-state index is 0.507. The fraction of sp³-hybridized carbons (Fsp3) is 0.500. The van der Waals surface area contributed by atoms with Gasteiger partial charge in [0.05, 0.1) is 0 Å². The number of thiophene rings is 1. The summed E-state index contributed by atoms with van der Waals surface area (Å²) in [6, 6.07) is 4.83. The zero-order valence-electron chi connectivity index (χ0n) is 12.9. The maximum absolute atomic E-state index is 4.58. The van der Waals surface area contributed by atoms with E-state index in [-0.39, 0.29) is 0 Å². The van der Waals surface area contributed by atoms with Crippen LogP contribution >= 0.6 is 11.3 Å². The molecule has 2 aromatic rings. The van der Waals surface area contributed by atoms with Crippen molar-refractivity contribution in [2.24, 2.45) is 0 Å². The van der Waals surface area contributed by atoms with Gasteiger partial charge in [0, 0.05) is 44.0 Å². The lowest BCUT2D eigenvalue weighted by Gasteiger charge is -2.38. The summed E-state index contributed by atoms with van der Waals surface area (Å²) in [5.41, 5.74) is 2.48. The summed E-state index contributed by atoms with van der Waals surface area (Å²) >= 11 is 1.78. The Morgan fingerprint density at radius 1 is 1.14 bits per heavy atom. The summed E-state index contributed by atoms with van der Waals surface area (Å²) in [5.74, 6) is 1.93. The smallest absolute Gasteiger partial charge is 0.132 e. The molecule has 3 heterocycles. The highest BCUT2D eigenvalue weighted by Gasteiger charge is 2.23. The van der Waals surface area contributed by atoms with Gasteiger partial charge in [-0.15, -0.1) is 0 Å². The van der Waals surface area contributed by atoms with Gasteiger partial charge in [0.2, 0.25) is 0 Å². The number of hydrogen-bond donors (Lipinski definition) is 0. The highest BCUT2D eigenvalue weighted by molar-refractivity contribution is 7.07. The average molecular weight is 302 g/mol. The lowest BCUT2D eigenvalue weighted by Crippen LogP contribution is -2.47. The number of aryl methyl sites for hydroxylation is 2. The van der Waals surface area contributed by atoms with E-state index in [1.165, 1.54) is 5.56 Å². The van der Waals surface area contributed by atoms with Gasteiger partial charge in [-0.1, -0.05) is 0 Å². The molecular formula is C16H22N4S. The van der Waals surface area contributed by atoms with E-state index in [9.17, 15) is 0 Å². The van der Waals surface area contributed by atoms with Gasteiger partial charge in [0.1, 0.15) is 11.6 Å². The Labute approximate surface area is 130 Å². The van der Waals surface area contributed by atoms with E-state index in [0.29, 0.717) is 6.04 Å². The number of piperazine rings is 1. The SMILES string of the molecule is Cc1cc(N2CCN(C(C)c3ccsc3)CC2)nc(C)n1. The molecule has 1 saturated heterocycles. The molecule has 1 unspecified atom stereocenters. The topological polar surface area (TPSA) is 32.3 Å². The van der Waals surface area contributed by atoms with Crippen LogP contribution in [-0.4, -0.2) is 41.0 Å². The van der Waals surface area contributed by atoms with Crippen molar-refractivity contribution in [3.05, 3.63) is 40.0 Å². The van der Waals surface area contributed by atoms with Gasteiger partial charge < -0.3 is 4.90 Å². The van der Waals surface area contributed by atoms with Crippen molar-refractivity contribution in [3.8, 4) is 0 Å². The Bertz CT molecular complexity index is 568. The Hall–Kier alpha value is -1.46. The van der Waals surface area contributed by atoms with Crippen molar-refractivity contribution in [1.82, 2.24) is 14.9 Å². The lowest BCUT2D eigenvalue weighted by molar-refractivity contribution is 0.198. The largest absolute Gasteiger partial charge is 0.354 e. The first-order valence-corrected chi connectivity index (χ1v) is 8.41. The van der Waals surface area contributed by atoms with E-state index in [2.05, 4.69) is 49.6 Å². The molecule has 3 rings (SSSR count). The fourth-order valence-corrected chi connectivity index (χ4v) is 3.67. The van der Waals surface area contributed by atoms with Crippen molar-refractivity contribution in [3.63, 3.8) is 0 Å². The standard InChI is InChI=1S/C16H22N4S/c1-12-10-16(18-14(3)17-12)20-7-5-19(6-8-20)13(2)15-4-9-21-11-15/h4,9-11,13H,5-8H2,1-3H3. The van der Waals surface area contributed by atoms with Gasteiger partial charge in [0.15, 0.2) is 0 Å². The fourth-order valence-electron chi connectivity index (χ4n) is 2.92. The second kappa shape index (κ2) is 6.12. The molecule has 1 fully saturated rings. The molecular weight excluding hydrogens is 280 g/mol. The number of anilines is 1. The maximum atomic E-state index is 4.58. The van der Waals surface area contributed by atoms with Gasteiger partial charge >= 0.3 is 0 Å². The molecule has 0 saturated carbocycles. The minimum atomic E-state index is 0.507. The predicted molar refractivity (Wildman–Crippen MR) is 88.0 cm³/mol. The van der Waals surface area contributed by atoms with Gasteiger partial charge in [-0.05, 0) is 43.2 Å². The van der Waals surface area contributed by atoms with Crippen LogP contribution in [0.1, 0.15) is 30.0 Å². The van der Waals surface area contributed by atoms with Crippen LogP contribution in [0.2, 0.25) is 0 Å².